The van der Waals surface area contributed by atoms with Gasteiger partial charge in [0.05, 0.1) is 12.0 Å². The maximum atomic E-state index is 11.9. The third-order valence-electron chi connectivity index (χ3n) is 7.67. The summed E-state index contributed by atoms with van der Waals surface area (Å²) in [5.74, 6) is 1.15. The Kier molecular flexibility index (Phi) is 15.5. The summed E-state index contributed by atoms with van der Waals surface area (Å²) >= 11 is 0. The number of H-pyrrole nitrogens is 1. The first-order chi connectivity index (χ1) is 22.3. The van der Waals surface area contributed by atoms with Crippen molar-refractivity contribution in [3.05, 3.63) is 129 Å². The number of Topliss-reactive ketones (excluding diaryl/α,β-unsaturated/α-hetero) is 1. The Morgan fingerprint density at radius 1 is 0.957 bits per heavy atom. The highest BCUT2D eigenvalue weighted by Crippen LogP contribution is 2.23. The number of rotatable bonds is 9. The highest BCUT2D eigenvalue weighted by molar-refractivity contribution is 5.94. The van der Waals surface area contributed by atoms with Gasteiger partial charge in [0.15, 0.2) is 11.6 Å². The second-order valence-corrected chi connectivity index (χ2v) is 11.6. The molecule has 2 aromatic carbocycles. The number of hydrogen-bond donors (Lipinski definition) is 1. The molecule has 3 aromatic rings. The van der Waals surface area contributed by atoms with Gasteiger partial charge in [-0.2, -0.15) is 0 Å². The summed E-state index contributed by atoms with van der Waals surface area (Å²) in [5.41, 5.74) is 5.45. The number of nitrogens with one attached hydrogen (secondary N) is 1. The quantitative estimate of drug-likeness (QED) is 0.189. The van der Waals surface area contributed by atoms with Gasteiger partial charge in [-0.1, -0.05) is 109 Å². The standard InChI is InChI=1S/C17H23NO.C13H18O.C9H8N2O2/c1-5-7-17(18-6-2)16(14(4)19)12-15-10-8-13(3)9-11-15;1-11-7-9-13(10-8-11)14-12-5-3-2-4-6-12;12-9-10-8(11-13-9)7-5-3-1-2-4-6-7/h6,8-11H,5,7,12H2,1-4H3;7-10,12H,2-6H2,1H3;1-7H,(H,10,11,12)/b17-16-,18-6?;;. The van der Waals surface area contributed by atoms with Gasteiger partial charge in [0, 0.05) is 23.9 Å². The zero-order chi connectivity index (χ0) is 33.1. The van der Waals surface area contributed by atoms with Gasteiger partial charge in [-0.25, -0.2) is 4.79 Å². The molecule has 46 heavy (non-hydrogen) atoms. The molecule has 1 fully saturated rings. The molecule has 0 saturated heterocycles. The Morgan fingerprint density at radius 2 is 1.57 bits per heavy atom. The van der Waals surface area contributed by atoms with E-state index in [-0.39, 0.29) is 11.7 Å². The number of aliphatic imine (C=N–C) groups is 1. The van der Waals surface area contributed by atoms with Crippen molar-refractivity contribution in [3.63, 3.8) is 0 Å². The smallest absolute Gasteiger partial charge is 0.438 e. The molecular weight excluding hydrogens is 574 g/mol. The van der Waals surface area contributed by atoms with Crippen LogP contribution in [0.2, 0.25) is 0 Å². The molecule has 1 heterocycles. The first kappa shape index (κ1) is 36.0. The molecule has 2 aliphatic rings. The summed E-state index contributed by atoms with van der Waals surface area (Å²) in [6.07, 6.45) is 22.7. The van der Waals surface area contributed by atoms with Crippen molar-refractivity contribution < 1.29 is 14.1 Å². The second kappa shape index (κ2) is 19.8. The van der Waals surface area contributed by atoms with E-state index in [1.54, 1.807) is 13.1 Å². The number of allylic oxidation sites excluding steroid dienone is 8. The molecule has 5 rings (SSSR count). The van der Waals surface area contributed by atoms with Crippen molar-refractivity contribution >= 4 is 12.0 Å². The van der Waals surface area contributed by atoms with Crippen LogP contribution in [0.3, 0.4) is 0 Å². The average molecular weight is 624 g/mol. The van der Waals surface area contributed by atoms with Gasteiger partial charge in [0.25, 0.3) is 0 Å². The Hall–Kier alpha value is -4.52. The van der Waals surface area contributed by atoms with Crippen LogP contribution in [0.25, 0.3) is 0 Å². The van der Waals surface area contributed by atoms with E-state index >= 15 is 0 Å². The SMILES string of the molecule is CC=N/C(CCC)=C(/Cc1ccc(C)cc1)C(C)=O.Cc1ccc(OC2CCCCC2)cc1.O=c1[nH]c(C2C=CC=CC=C2)no1. The van der Waals surface area contributed by atoms with E-state index in [9.17, 15) is 9.59 Å². The summed E-state index contributed by atoms with van der Waals surface area (Å²) < 4.78 is 10.3. The maximum Gasteiger partial charge on any atom is 0.438 e. The van der Waals surface area contributed by atoms with E-state index < -0.39 is 5.76 Å². The number of aromatic nitrogens is 2. The number of benzene rings is 2. The minimum absolute atomic E-state index is 0.0125. The monoisotopic (exact) mass is 623 g/mol. The van der Waals surface area contributed by atoms with Crippen molar-refractivity contribution in [1.82, 2.24) is 10.1 Å². The molecule has 0 aliphatic heterocycles. The lowest BCUT2D eigenvalue weighted by molar-refractivity contribution is -0.113. The van der Waals surface area contributed by atoms with Gasteiger partial charge in [0.2, 0.25) is 0 Å². The number of aromatic amines is 1. The van der Waals surface area contributed by atoms with Crippen molar-refractivity contribution in [2.45, 2.75) is 98.0 Å². The highest BCUT2D eigenvalue weighted by Gasteiger charge is 2.14. The van der Waals surface area contributed by atoms with Crippen molar-refractivity contribution in [2.24, 2.45) is 4.99 Å². The lowest BCUT2D eigenvalue weighted by atomic mass is 9.98. The third kappa shape index (κ3) is 12.8. The van der Waals surface area contributed by atoms with Crippen molar-refractivity contribution in [3.8, 4) is 5.75 Å². The van der Waals surface area contributed by atoms with Gasteiger partial charge in [0.1, 0.15) is 5.75 Å². The van der Waals surface area contributed by atoms with Crippen LogP contribution in [-0.2, 0) is 11.2 Å². The van der Waals surface area contributed by atoms with Crippen molar-refractivity contribution in [1.29, 1.82) is 0 Å². The van der Waals surface area contributed by atoms with Crippen molar-refractivity contribution in [2.75, 3.05) is 0 Å². The molecule has 0 unspecified atom stereocenters. The van der Waals surface area contributed by atoms with Gasteiger partial charge in [-0.15, -0.1) is 0 Å². The maximum absolute atomic E-state index is 11.9. The Labute approximate surface area is 273 Å². The Bertz CT molecular complexity index is 1530. The minimum atomic E-state index is -0.519. The normalized spacial score (nSPS) is 15.3. The van der Waals surface area contributed by atoms with Crippen LogP contribution in [0, 0.1) is 13.8 Å². The van der Waals surface area contributed by atoms with Gasteiger partial charge >= 0.3 is 5.76 Å². The molecule has 244 valence electrons. The van der Waals surface area contributed by atoms with Gasteiger partial charge < -0.3 is 4.74 Å². The molecule has 0 atom stereocenters. The van der Waals surface area contributed by atoms with E-state index in [4.69, 9.17) is 4.74 Å². The molecule has 2 aliphatic carbocycles. The number of aryl methyl sites for hydroxylation is 2. The minimum Gasteiger partial charge on any atom is -0.490 e. The van der Waals surface area contributed by atoms with E-state index in [2.05, 4.69) is 89.0 Å². The largest absolute Gasteiger partial charge is 0.490 e. The predicted octanol–water partition coefficient (Wildman–Crippen LogP) is 9.11. The summed E-state index contributed by atoms with van der Waals surface area (Å²) in [6, 6.07) is 16.7. The zero-order valence-corrected chi connectivity index (χ0v) is 28.0. The molecular formula is C39H49N3O4. The molecule has 1 N–H and O–H groups in total. The number of carbonyl (C=O) groups is 1. The van der Waals surface area contributed by atoms with E-state index in [0.29, 0.717) is 18.3 Å². The molecule has 0 spiro atoms. The Balaban J connectivity index is 0.000000192. The molecule has 1 aromatic heterocycles. The summed E-state index contributed by atoms with van der Waals surface area (Å²) in [5, 5.41) is 3.61. The van der Waals surface area contributed by atoms with Crippen LogP contribution in [-0.4, -0.2) is 28.2 Å². The molecule has 1 saturated carbocycles. The fraction of sp³-hybridized carbons (Fsp3) is 0.385. The third-order valence-corrected chi connectivity index (χ3v) is 7.67. The molecule has 0 bridgehead atoms. The average Bonchev–Trinajstić information content (AvgIpc) is 3.31. The zero-order valence-electron chi connectivity index (χ0n) is 28.0. The highest BCUT2D eigenvalue weighted by atomic mass is 16.5. The summed E-state index contributed by atoms with van der Waals surface area (Å²) in [4.78, 5) is 29.4. The second-order valence-electron chi connectivity index (χ2n) is 11.6. The summed E-state index contributed by atoms with van der Waals surface area (Å²) in [7, 11) is 0. The first-order valence-corrected chi connectivity index (χ1v) is 16.4. The van der Waals surface area contributed by atoms with Crippen LogP contribution in [0.1, 0.15) is 94.1 Å². The molecule has 7 nitrogen and oxygen atoms in total. The number of ether oxygens (including phenoxy) is 1. The number of ketones is 1. The van der Waals surface area contributed by atoms with E-state index in [1.807, 2.05) is 43.4 Å². The van der Waals surface area contributed by atoms with Crippen LogP contribution < -0.4 is 10.5 Å². The number of carbonyl (C=O) groups excluding carboxylic acids is 1. The van der Waals surface area contributed by atoms with Gasteiger partial charge in [-0.05, 0) is 77.5 Å². The van der Waals surface area contributed by atoms with E-state index in [1.165, 1.54) is 43.2 Å². The number of nitrogens with zero attached hydrogens (tertiary/aromatic N) is 2. The van der Waals surface area contributed by atoms with Crippen LogP contribution >= 0.6 is 0 Å². The van der Waals surface area contributed by atoms with Crippen LogP contribution in [0.15, 0.2) is 111 Å². The Morgan fingerprint density at radius 3 is 2.09 bits per heavy atom. The summed E-state index contributed by atoms with van der Waals surface area (Å²) in [6.45, 7) is 9.79. The predicted molar refractivity (Wildman–Crippen MR) is 188 cm³/mol. The fourth-order valence-electron chi connectivity index (χ4n) is 5.15. The van der Waals surface area contributed by atoms with E-state index in [0.717, 1.165) is 35.4 Å². The molecule has 0 radical (unpaired) electrons. The van der Waals surface area contributed by atoms with Crippen LogP contribution in [0.4, 0.5) is 0 Å². The lowest BCUT2D eigenvalue weighted by Gasteiger charge is -2.22. The number of hydrogen-bond acceptors (Lipinski definition) is 6. The first-order valence-electron chi connectivity index (χ1n) is 16.4. The van der Waals surface area contributed by atoms with Crippen LogP contribution in [0.5, 0.6) is 5.75 Å². The molecule has 0 amide bonds. The lowest BCUT2D eigenvalue weighted by Crippen LogP contribution is -2.19. The molecule has 7 heteroatoms. The topological polar surface area (TPSA) is 97.5 Å². The fourth-order valence-corrected chi connectivity index (χ4v) is 5.15. The van der Waals surface area contributed by atoms with Gasteiger partial charge in [-0.3, -0.25) is 19.3 Å².